The second-order valence-corrected chi connectivity index (χ2v) is 7.82. The van der Waals surface area contributed by atoms with Crippen LogP contribution in [0, 0.1) is 0 Å². The molecule has 1 saturated heterocycles. The maximum Gasteiger partial charge on any atom is 0.191 e. The summed E-state index contributed by atoms with van der Waals surface area (Å²) in [5, 5.41) is 7.03. The second-order valence-electron chi connectivity index (χ2n) is 7.82. The predicted molar refractivity (Wildman–Crippen MR) is 117 cm³/mol. The molecular weight excluding hydrogens is 368 g/mol. The van der Waals surface area contributed by atoms with E-state index in [1.165, 1.54) is 38.6 Å². The van der Waals surface area contributed by atoms with Gasteiger partial charge >= 0.3 is 0 Å². The molecule has 7 heteroatoms. The van der Waals surface area contributed by atoms with E-state index in [1.54, 1.807) is 21.3 Å². The SMILES string of the molecule is CN=C(NCCc1c(OC)cc(OC)cc1OC)NC1CCN(C2CCCC2)C1. The standard InChI is InChI=1S/C22H36N4O3/c1-23-22(25-16-10-12-26(15-16)17-7-5-6-8-17)24-11-9-19-20(28-3)13-18(27-2)14-21(19)29-4/h13-14,16-17H,5-12,15H2,1-4H3,(H2,23,24,25). The van der Waals surface area contributed by atoms with Gasteiger partial charge in [0.25, 0.3) is 0 Å². The number of nitrogens with zero attached hydrogens (tertiary/aromatic N) is 2. The van der Waals surface area contributed by atoms with Crippen molar-refractivity contribution in [3.8, 4) is 17.2 Å². The minimum absolute atomic E-state index is 0.465. The number of nitrogens with one attached hydrogen (secondary N) is 2. The van der Waals surface area contributed by atoms with Crippen LogP contribution in [-0.2, 0) is 6.42 Å². The number of hydrogen-bond acceptors (Lipinski definition) is 5. The fraction of sp³-hybridized carbons (Fsp3) is 0.682. The van der Waals surface area contributed by atoms with Gasteiger partial charge in [0.1, 0.15) is 17.2 Å². The summed E-state index contributed by atoms with van der Waals surface area (Å²) in [5.41, 5.74) is 1.02. The molecule has 1 aliphatic carbocycles. The minimum Gasteiger partial charge on any atom is -0.496 e. The molecule has 2 N–H and O–H groups in total. The first-order valence-electron chi connectivity index (χ1n) is 10.7. The van der Waals surface area contributed by atoms with Crippen LogP contribution in [0.1, 0.15) is 37.7 Å². The van der Waals surface area contributed by atoms with Gasteiger partial charge in [-0.2, -0.15) is 0 Å². The average molecular weight is 405 g/mol. The number of guanidine groups is 1. The van der Waals surface area contributed by atoms with Crippen molar-refractivity contribution in [3.05, 3.63) is 17.7 Å². The molecule has 2 fully saturated rings. The Kier molecular flexibility index (Phi) is 7.86. The molecule has 0 aromatic heterocycles. The summed E-state index contributed by atoms with van der Waals surface area (Å²) in [7, 11) is 6.80. The summed E-state index contributed by atoms with van der Waals surface area (Å²) < 4.78 is 16.4. The van der Waals surface area contributed by atoms with E-state index >= 15 is 0 Å². The predicted octanol–water partition coefficient (Wildman–Crippen LogP) is 2.44. The normalized spacial score (nSPS) is 20.7. The van der Waals surface area contributed by atoms with Gasteiger partial charge in [0, 0.05) is 56.5 Å². The molecule has 0 radical (unpaired) electrons. The number of hydrogen-bond donors (Lipinski definition) is 2. The fourth-order valence-corrected chi connectivity index (χ4v) is 4.52. The molecule has 2 aliphatic rings. The first kappa shape index (κ1) is 21.6. The highest BCUT2D eigenvalue weighted by molar-refractivity contribution is 5.80. The van der Waals surface area contributed by atoms with Crippen LogP contribution >= 0.6 is 0 Å². The molecule has 29 heavy (non-hydrogen) atoms. The molecule has 1 saturated carbocycles. The van der Waals surface area contributed by atoms with Gasteiger partial charge in [-0.1, -0.05) is 12.8 Å². The highest BCUT2D eigenvalue weighted by Gasteiger charge is 2.30. The third-order valence-corrected chi connectivity index (χ3v) is 6.11. The van der Waals surface area contributed by atoms with E-state index in [0.717, 1.165) is 54.3 Å². The van der Waals surface area contributed by atoms with Crippen LogP contribution in [0.15, 0.2) is 17.1 Å². The number of benzene rings is 1. The van der Waals surface area contributed by atoms with E-state index in [-0.39, 0.29) is 0 Å². The molecule has 1 aromatic rings. The number of ether oxygens (including phenoxy) is 3. The zero-order valence-corrected chi connectivity index (χ0v) is 18.3. The van der Waals surface area contributed by atoms with Crippen LogP contribution in [0.25, 0.3) is 0 Å². The minimum atomic E-state index is 0.465. The number of methoxy groups -OCH3 is 3. The summed E-state index contributed by atoms with van der Waals surface area (Å²) in [4.78, 5) is 7.07. The average Bonchev–Trinajstić information content (AvgIpc) is 3.44. The van der Waals surface area contributed by atoms with Crippen molar-refractivity contribution in [3.63, 3.8) is 0 Å². The van der Waals surface area contributed by atoms with E-state index in [1.807, 2.05) is 19.2 Å². The number of aliphatic imine (C=N–C) groups is 1. The first-order valence-corrected chi connectivity index (χ1v) is 10.7. The second kappa shape index (κ2) is 10.6. The summed E-state index contributed by atoms with van der Waals surface area (Å²) >= 11 is 0. The highest BCUT2D eigenvalue weighted by Crippen LogP contribution is 2.34. The van der Waals surface area contributed by atoms with Gasteiger partial charge < -0.3 is 24.8 Å². The Bertz CT molecular complexity index is 664. The van der Waals surface area contributed by atoms with Crippen molar-refractivity contribution < 1.29 is 14.2 Å². The summed E-state index contributed by atoms with van der Waals surface area (Å²) in [6.45, 7) is 3.04. The Morgan fingerprint density at radius 2 is 1.76 bits per heavy atom. The number of likely N-dealkylation sites (tertiary alicyclic amines) is 1. The summed E-state index contributed by atoms with van der Waals surface area (Å²) in [5.74, 6) is 3.12. The topological polar surface area (TPSA) is 67.4 Å². The Balaban J connectivity index is 1.51. The third kappa shape index (κ3) is 5.47. The molecule has 3 rings (SSSR count). The van der Waals surface area contributed by atoms with Crippen molar-refractivity contribution in [2.45, 2.75) is 50.6 Å². The van der Waals surface area contributed by atoms with Crippen molar-refractivity contribution in [2.24, 2.45) is 4.99 Å². The monoisotopic (exact) mass is 404 g/mol. The van der Waals surface area contributed by atoms with Crippen molar-refractivity contribution in [1.82, 2.24) is 15.5 Å². The zero-order valence-electron chi connectivity index (χ0n) is 18.3. The van der Waals surface area contributed by atoms with Crippen LogP contribution in [0.2, 0.25) is 0 Å². The molecule has 1 atom stereocenters. The lowest BCUT2D eigenvalue weighted by Crippen LogP contribution is -2.45. The van der Waals surface area contributed by atoms with Crippen molar-refractivity contribution in [1.29, 1.82) is 0 Å². The lowest BCUT2D eigenvalue weighted by Gasteiger charge is -2.24. The van der Waals surface area contributed by atoms with Crippen LogP contribution in [0.5, 0.6) is 17.2 Å². The summed E-state index contributed by atoms with van der Waals surface area (Å²) in [6.07, 6.45) is 7.45. The Hall–Kier alpha value is -2.15. The highest BCUT2D eigenvalue weighted by atomic mass is 16.5. The van der Waals surface area contributed by atoms with Gasteiger partial charge in [0.2, 0.25) is 0 Å². The van der Waals surface area contributed by atoms with Gasteiger partial charge in [-0.3, -0.25) is 9.89 Å². The van der Waals surface area contributed by atoms with Crippen LogP contribution < -0.4 is 24.8 Å². The van der Waals surface area contributed by atoms with Crippen LogP contribution in [0.3, 0.4) is 0 Å². The van der Waals surface area contributed by atoms with E-state index in [2.05, 4.69) is 20.5 Å². The van der Waals surface area contributed by atoms with E-state index in [9.17, 15) is 0 Å². The molecule has 1 unspecified atom stereocenters. The quantitative estimate of drug-likeness (QED) is 0.512. The van der Waals surface area contributed by atoms with Gasteiger partial charge in [-0.15, -0.1) is 0 Å². The van der Waals surface area contributed by atoms with Crippen molar-refractivity contribution in [2.75, 3.05) is 48.0 Å². The Morgan fingerprint density at radius 3 is 2.34 bits per heavy atom. The first-order chi connectivity index (χ1) is 14.2. The van der Waals surface area contributed by atoms with Crippen molar-refractivity contribution >= 4 is 5.96 Å². The smallest absolute Gasteiger partial charge is 0.191 e. The maximum absolute atomic E-state index is 5.54. The van der Waals surface area contributed by atoms with Gasteiger partial charge in [-0.25, -0.2) is 0 Å². The molecule has 1 aliphatic heterocycles. The summed E-state index contributed by atoms with van der Waals surface area (Å²) in [6, 6.07) is 5.04. The molecule has 0 amide bonds. The number of rotatable bonds is 8. The molecule has 7 nitrogen and oxygen atoms in total. The van der Waals surface area contributed by atoms with E-state index < -0.39 is 0 Å². The molecular formula is C22H36N4O3. The van der Waals surface area contributed by atoms with E-state index in [4.69, 9.17) is 14.2 Å². The zero-order chi connectivity index (χ0) is 20.6. The lowest BCUT2D eigenvalue weighted by atomic mass is 10.1. The Labute approximate surface area is 174 Å². The van der Waals surface area contributed by atoms with Gasteiger partial charge in [0.05, 0.1) is 21.3 Å². The largest absolute Gasteiger partial charge is 0.496 e. The van der Waals surface area contributed by atoms with Gasteiger partial charge in [-0.05, 0) is 25.7 Å². The third-order valence-electron chi connectivity index (χ3n) is 6.11. The molecule has 0 spiro atoms. The molecule has 1 heterocycles. The lowest BCUT2D eigenvalue weighted by molar-refractivity contribution is 0.242. The van der Waals surface area contributed by atoms with E-state index in [0.29, 0.717) is 6.04 Å². The Morgan fingerprint density at radius 1 is 1.07 bits per heavy atom. The maximum atomic E-state index is 5.54. The van der Waals surface area contributed by atoms with Gasteiger partial charge in [0.15, 0.2) is 5.96 Å². The van der Waals surface area contributed by atoms with Crippen LogP contribution in [-0.4, -0.2) is 71.0 Å². The molecule has 162 valence electrons. The fourth-order valence-electron chi connectivity index (χ4n) is 4.52. The molecule has 0 bridgehead atoms. The van der Waals surface area contributed by atoms with Crippen LogP contribution in [0.4, 0.5) is 0 Å². The molecule has 1 aromatic carbocycles.